The summed E-state index contributed by atoms with van der Waals surface area (Å²) in [5.41, 5.74) is 2.46. The predicted molar refractivity (Wildman–Crippen MR) is 106 cm³/mol. The maximum atomic E-state index is 9.68. The lowest BCUT2D eigenvalue weighted by atomic mass is 9.79. The van der Waals surface area contributed by atoms with Crippen molar-refractivity contribution >= 4 is 11.8 Å². The Kier molecular flexibility index (Phi) is 5.22. The molecule has 9 heteroatoms. The quantitative estimate of drug-likeness (QED) is 0.657. The number of nitrogens with one attached hydrogen (secondary N) is 1. The van der Waals surface area contributed by atoms with Crippen molar-refractivity contribution in [3.05, 3.63) is 30.0 Å². The van der Waals surface area contributed by atoms with Gasteiger partial charge in [-0.2, -0.15) is 4.98 Å². The lowest BCUT2D eigenvalue weighted by molar-refractivity contribution is 0.0710. The van der Waals surface area contributed by atoms with Crippen molar-refractivity contribution in [3.8, 4) is 0 Å². The normalized spacial score (nSPS) is 20.2. The molecule has 1 unspecified atom stereocenters. The fourth-order valence-electron chi connectivity index (χ4n) is 4.45. The van der Waals surface area contributed by atoms with E-state index in [2.05, 4.69) is 36.8 Å². The van der Waals surface area contributed by atoms with Gasteiger partial charge in [0.25, 0.3) is 0 Å². The second-order valence-corrected chi connectivity index (χ2v) is 7.85. The summed E-state index contributed by atoms with van der Waals surface area (Å²) in [6.45, 7) is 2.83. The second kappa shape index (κ2) is 7.65. The second-order valence-electron chi connectivity index (χ2n) is 7.85. The van der Waals surface area contributed by atoms with Crippen LogP contribution in [0, 0.1) is 0 Å². The molecule has 1 fully saturated rings. The van der Waals surface area contributed by atoms with E-state index in [-0.39, 0.29) is 12.1 Å². The smallest absolute Gasteiger partial charge is 0.227 e. The number of hydrogen-bond donors (Lipinski definition) is 3. The zero-order chi connectivity index (χ0) is 19.7. The lowest BCUT2D eigenvalue weighted by Gasteiger charge is -2.49. The monoisotopic (exact) mass is 387 g/mol. The van der Waals surface area contributed by atoms with Gasteiger partial charge >= 0.3 is 0 Å². The Labute approximate surface area is 165 Å². The molecule has 0 radical (unpaired) electrons. The molecule has 2 aromatic rings. The molecule has 1 atom stereocenters. The minimum atomic E-state index is -0.789. The molecule has 28 heavy (non-hydrogen) atoms. The molecule has 1 spiro atoms. The van der Waals surface area contributed by atoms with E-state index in [1.807, 2.05) is 24.3 Å². The number of aliphatic hydroxyl groups is 2. The van der Waals surface area contributed by atoms with Crippen LogP contribution < -0.4 is 9.80 Å². The molecule has 0 bridgehead atoms. The summed E-state index contributed by atoms with van der Waals surface area (Å²) in [6, 6.07) is 1.82. The van der Waals surface area contributed by atoms with E-state index in [0.717, 1.165) is 44.7 Å². The number of hydrogen-bond acceptors (Lipinski definition) is 8. The van der Waals surface area contributed by atoms with Gasteiger partial charge in [0.05, 0.1) is 30.3 Å². The summed E-state index contributed by atoms with van der Waals surface area (Å²) >= 11 is 0. The van der Waals surface area contributed by atoms with E-state index in [1.54, 1.807) is 6.20 Å². The highest BCUT2D eigenvalue weighted by Crippen LogP contribution is 2.41. The highest BCUT2D eigenvalue weighted by Gasteiger charge is 2.45. The van der Waals surface area contributed by atoms with Gasteiger partial charge in [-0.15, -0.1) is 0 Å². The molecule has 4 heterocycles. The van der Waals surface area contributed by atoms with Crippen molar-refractivity contribution in [1.29, 1.82) is 0 Å². The van der Waals surface area contributed by atoms with Crippen LogP contribution in [-0.2, 0) is 12.0 Å². The summed E-state index contributed by atoms with van der Waals surface area (Å²) in [6.07, 6.45) is 5.77. The van der Waals surface area contributed by atoms with E-state index >= 15 is 0 Å². The highest BCUT2D eigenvalue weighted by molar-refractivity contribution is 5.44. The number of H-pyrrole nitrogens is 1. The van der Waals surface area contributed by atoms with Gasteiger partial charge in [0.15, 0.2) is 0 Å². The SMILES string of the molecule is CN(CC(O)CO)c1ccnc(N2CCC3(CC2)c2nc[nH]c2CCN3C)n1. The minimum Gasteiger partial charge on any atom is -0.394 e. The molecule has 1 saturated heterocycles. The Morgan fingerprint density at radius 1 is 1.29 bits per heavy atom. The third-order valence-electron chi connectivity index (χ3n) is 6.18. The number of likely N-dealkylation sites (N-methyl/N-ethyl adjacent to an activating group) is 2. The van der Waals surface area contributed by atoms with Crippen LogP contribution in [0.4, 0.5) is 11.8 Å². The molecular formula is C19H29N7O2. The third-order valence-corrected chi connectivity index (χ3v) is 6.18. The molecule has 0 saturated carbocycles. The standard InChI is InChI=1S/C19H29N7O2/c1-24(11-14(28)12-27)16-3-7-20-18(23-16)26-9-5-19(6-10-26)17-15(21-13-22-17)4-8-25(19)2/h3,7,13-14,27-28H,4-6,8-12H2,1-2H3,(H,21,22). The van der Waals surface area contributed by atoms with Gasteiger partial charge in [-0.1, -0.05) is 0 Å². The van der Waals surface area contributed by atoms with Crippen LogP contribution in [-0.4, -0.2) is 88.0 Å². The highest BCUT2D eigenvalue weighted by atomic mass is 16.3. The molecule has 0 amide bonds. The zero-order valence-corrected chi connectivity index (χ0v) is 16.5. The molecule has 152 valence electrons. The van der Waals surface area contributed by atoms with Crippen LogP contribution in [0.3, 0.4) is 0 Å². The topological polar surface area (TPSA) is 105 Å². The van der Waals surface area contributed by atoms with E-state index in [0.29, 0.717) is 12.5 Å². The van der Waals surface area contributed by atoms with Gasteiger partial charge in [-0.05, 0) is 26.0 Å². The maximum Gasteiger partial charge on any atom is 0.227 e. The summed E-state index contributed by atoms with van der Waals surface area (Å²) in [5.74, 6) is 1.44. The van der Waals surface area contributed by atoms with Crippen molar-refractivity contribution in [2.45, 2.75) is 30.9 Å². The Hall–Kier alpha value is -2.23. The van der Waals surface area contributed by atoms with Crippen molar-refractivity contribution in [3.63, 3.8) is 0 Å². The van der Waals surface area contributed by atoms with Gasteiger partial charge < -0.3 is 25.0 Å². The van der Waals surface area contributed by atoms with Gasteiger partial charge in [0.2, 0.25) is 5.95 Å². The number of imidazole rings is 1. The first-order valence-corrected chi connectivity index (χ1v) is 9.85. The molecular weight excluding hydrogens is 358 g/mol. The summed E-state index contributed by atoms with van der Waals surface area (Å²) in [7, 11) is 4.05. The fraction of sp³-hybridized carbons (Fsp3) is 0.632. The van der Waals surface area contributed by atoms with Crippen molar-refractivity contribution in [1.82, 2.24) is 24.8 Å². The van der Waals surface area contributed by atoms with Gasteiger partial charge in [-0.3, -0.25) is 4.90 Å². The largest absolute Gasteiger partial charge is 0.394 e. The molecule has 2 aromatic heterocycles. The van der Waals surface area contributed by atoms with Crippen molar-refractivity contribution in [2.75, 3.05) is 56.7 Å². The number of nitrogens with zero attached hydrogens (tertiary/aromatic N) is 6. The van der Waals surface area contributed by atoms with Gasteiger partial charge in [0, 0.05) is 51.5 Å². The molecule has 3 N–H and O–H groups in total. The molecule has 2 aliphatic rings. The summed E-state index contributed by atoms with van der Waals surface area (Å²) in [5, 5.41) is 18.7. The average molecular weight is 387 g/mol. The Bertz CT molecular complexity index is 803. The average Bonchev–Trinajstić information content (AvgIpc) is 3.21. The van der Waals surface area contributed by atoms with E-state index < -0.39 is 6.10 Å². The van der Waals surface area contributed by atoms with Gasteiger partial charge in [-0.25, -0.2) is 9.97 Å². The molecule has 2 aliphatic heterocycles. The van der Waals surface area contributed by atoms with Crippen LogP contribution in [0.5, 0.6) is 0 Å². The molecule has 0 aromatic carbocycles. The lowest BCUT2D eigenvalue weighted by Crippen LogP contribution is -2.55. The van der Waals surface area contributed by atoms with Crippen molar-refractivity contribution < 1.29 is 10.2 Å². The maximum absolute atomic E-state index is 9.68. The fourth-order valence-corrected chi connectivity index (χ4v) is 4.45. The molecule has 9 nitrogen and oxygen atoms in total. The third kappa shape index (κ3) is 3.34. The van der Waals surface area contributed by atoms with Crippen LogP contribution in [0.2, 0.25) is 0 Å². The number of aromatic nitrogens is 4. The molecule has 4 rings (SSSR count). The summed E-state index contributed by atoms with van der Waals surface area (Å²) in [4.78, 5) is 23.6. The van der Waals surface area contributed by atoms with Crippen LogP contribution in [0.15, 0.2) is 18.6 Å². The number of fused-ring (bicyclic) bond motifs is 2. The van der Waals surface area contributed by atoms with E-state index in [1.165, 1.54) is 11.4 Å². The van der Waals surface area contributed by atoms with Crippen molar-refractivity contribution in [2.24, 2.45) is 0 Å². The number of piperidine rings is 1. The number of rotatable bonds is 5. The first-order valence-electron chi connectivity index (χ1n) is 9.85. The molecule has 0 aliphatic carbocycles. The minimum absolute atomic E-state index is 0.0102. The number of aliphatic hydroxyl groups excluding tert-OH is 2. The van der Waals surface area contributed by atoms with Crippen LogP contribution in [0.25, 0.3) is 0 Å². The van der Waals surface area contributed by atoms with E-state index in [4.69, 9.17) is 5.11 Å². The van der Waals surface area contributed by atoms with Crippen LogP contribution >= 0.6 is 0 Å². The van der Waals surface area contributed by atoms with E-state index in [9.17, 15) is 5.11 Å². The first kappa shape index (κ1) is 19.1. The predicted octanol–water partition coefficient (Wildman–Crippen LogP) is -0.0273. The number of anilines is 2. The summed E-state index contributed by atoms with van der Waals surface area (Å²) < 4.78 is 0. The zero-order valence-electron chi connectivity index (χ0n) is 16.5. The Morgan fingerprint density at radius 2 is 2.07 bits per heavy atom. The van der Waals surface area contributed by atoms with Gasteiger partial charge in [0.1, 0.15) is 5.82 Å². The number of aromatic amines is 1. The van der Waals surface area contributed by atoms with Crippen LogP contribution in [0.1, 0.15) is 24.2 Å². The Morgan fingerprint density at radius 3 is 2.82 bits per heavy atom. The Balaban J connectivity index is 1.48. The first-order chi connectivity index (χ1) is 13.5.